The Morgan fingerprint density at radius 2 is 1.50 bits per heavy atom. The molecule has 0 radical (unpaired) electrons. The van der Waals surface area contributed by atoms with E-state index in [-0.39, 0.29) is 6.10 Å². The predicted molar refractivity (Wildman–Crippen MR) is 117 cm³/mol. The first-order chi connectivity index (χ1) is 13.8. The number of methoxy groups -OCH3 is 1. The molecule has 1 aliphatic carbocycles. The fraction of sp³-hybridized carbons (Fsp3) is 0.308. The van der Waals surface area contributed by atoms with Crippen LogP contribution in [0, 0.1) is 5.92 Å². The van der Waals surface area contributed by atoms with Gasteiger partial charge in [-0.1, -0.05) is 72.8 Å². The van der Waals surface area contributed by atoms with E-state index in [1.54, 1.807) is 0 Å². The van der Waals surface area contributed by atoms with Gasteiger partial charge in [0, 0.05) is 7.11 Å². The third-order valence-corrected chi connectivity index (χ3v) is 6.01. The fourth-order valence-corrected chi connectivity index (χ4v) is 4.46. The molecule has 3 aromatic rings. The number of nitrogens with one attached hydrogen (secondary N) is 1. The van der Waals surface area contributed by atoms with Gasteiger partial charge in [0.2, 0.25) is 0 Å². The van der Waals surface area contributed by atoms with Crippen molar-refractivity contribution in [2.45, 2.75) is 25.4 Å². The van der Waals surface area contributed by atoms with Crippen LogP contribution in [0.4, 0.5) is 0 Å². The highest BCUT2D eigenvalue weighted by molar-refractivity contribution is 5.71. The summed E-state index contributed by atoms with van der Waals surface area (Å²) in [4.78, 5) is 0. The van der Waals surface area contributed by atoms with Crippen LogP contribution in [0.1, 0.15) is 30.1 Å². The van der Waals surface area contributed by atoms with E-state index < -0.39 is 0 Å². The van der Waals surface area contributed by atoms with Gasteiger partial charge in [-0.25, -0.2) is 0 Å². The summed E-state index contributed by atoms with van der Waals surface area (Å²) in [5, 5.41) is 3.27. The Morgan fingerprint density at radius 3 is 2.18 bits per heavy atom. The van der Waals surface area contributed by atoms with Crippen molar-refractivity contribution in [2.24, 2.45) is 5.92 Å². The second kappa shape index (κ2) is 8.72. The van der Waals surface area contributed by atoms with Crippen LogP contribution in [0.25, 0.3) is 22.3 Å². The van der Waals surface area contributed by atoms with Crippen molar-refractivity contribution in [2.75, 3.05) is 20.7 Å². The largest absolute Gasteiger partial charge is 0.376 e. The van der Waals surface area contributed by atoms with Crippen LogP contribution in [0.2, 0.25) is 0 Å². The first-order valence-corrected chi connectivity index (χ1v) is 10.3. The van der Waals surface area contributed by atoms with Crippen LogP contribution in [-0.2, 0) is 11.2 Å². The van der Waals surface area contributed by atoms with Gasteiger partial charge in [-0.05, 0) is 72.2 Å². The van der Waals surface area contributed by atoms with Crippen molar-refractivity contribution < 1.29 is 4.74 Å². The molecule has 2 heteroatoms. The van der Waals surface area contributed by atoms with Crippen LogP contribution in [0.5, 0.6) is 0 Å². The van der Waals surface area contributed by atoms with Gasteiger partial charge in [0.1, 0.15) is 0 Å². The van der Waals surface area contributed by atoms with E-state index in [0.29, 0.717) is 5.92 Å². The molecular weight excluding hydrogens is 342 g/mol. The minimum absolute atomic E-state index is 0.214. The summed E-state index contributed by atoms with van der Waals surface area (Å²) in [5.74, 6) is 0.598. The number of fused-ring (bicyclic) bond motifs is 1. The van der Waals surface area contributed by atoms with Crippen molar-refractivity contribution >= 4 is 0 Å². The quantitative estimate of drug-likeness (QED) is 0.584. The van der Waals surface area contributed by atoms with E-state index in [0.717, 1.165) is 19.4 Å². The molecular formula is C26H29NO. The van der Waals surface area contributed by atoms with Gasteiger partial charge in [0.15, 0.2) is 0 Å². The van der Waals surface area contributed by atoms with Crippen LogP contribution >= 0.6 is 0 Å². The Labute approximate surface area is 168 Å². The maximum atomic E-state index is 5.91. The zero-order chi connectivity index (χ0) is 19.3. The van der Waals surface area contributed by atoms with Gasteiger partial charge < -0.3 is 10.1 Å². The van der Waals surface area contributed by atoms with Gasteiger partial charge in [-0.2, -0.15) is 0 Å². The molecule has 4 rings (SSSR count). The minimum Gasteiger partial charge on any atom is -0.376 e. The maximum Gasteiger partial charge on any atom is 0.0852 e. The molecule has 3 aromatic carbocycles. The van der Waals surface area contributed by atoms with Crippen LogP contribution in [-0.4, -0.2) is 20.7 Å². The third-order valence-electron chi connectivity index (χ3n) is 6.01. The highest BCUT2D eigenvalue weighted by Gasteiger charge is 2.29. The van der Waals surface area contributed by atoms with E-state index in [9.17, 15) is 0 Å². The normalized spacial score (nSPS) is 18.6. The van der Waals surface area contributed by atoms with Gasteiger partial charge in [0.05, 0.1) is 6.10 Å². The highest BCUT2D eigenvalue weighted by atomic mass is 16.5. The Kier molecular flexibility index (Phi) is 5.90. The molecule has 2 atom stereocenters. The summed E-state index contributed by atoms with van der Waals surface area (Å²) >= 11 is 0. The summed E-state index contributed by atoms with van der Waals surface area (Å²) in [6, 6.07) is 26.4. The lowest BCUT2D eigenvalue weighted by atomic mass is 9.79. The summed E-state index contributed by atoms with van der Waals surface area (Å²) in [7, 11) is 3.87. The monoisotopic (exact) mass is 371 g/mol. The van der Waals surface area contributed by atoms with E-state index in [1.165, 1.54) is 39.8 Å². The number of ether oxygens (including phenoxy) is 1. The topological polar surface area (TPSA) is 21.3 Å². The van der Waals surface area contributed by atoms with Crippen molar-refractivity contribution in [1.29, 1.82) is 0 Å². The van der Waals surface area contributed by atoms with E-state index in [1.807, 2.05) is 14.2 Å². The average Bonchev–Trinajstić information content (AvgIpc) is 2.77. The number of hydrogen-bond donors (Lipinski definition) is 1. The zero-order valence-corrected chi connectivity index (χ0v) is 16.8. The Hall–Kier alpha value is -2.42. The van der Waals surface area contributed by atoms with Crippen LogP contribution < -0.4 is 5.32 Å². The van der Waals surface area contributed by atoms with Crippen molar-refractivity contribution in [3.05, 3.63) is 83.9 Å². The molecule has 0 bridgehead atoms. The Bertz CT molecular complexity index is 901. The van der Waals surface area contributed by atoms with Crippen molar-refractivity contribution in [3.8, 4) is 22.3 Å². The molecule has 144 valence electrons. The molecule has 1 aliphatic rings. The van der Waals surface area contributed by atoms with E-state index >= 15 is 0 Å². The van der Waals surface area contributed by atoms with Crippen LogP contribution in [0.3, 0.4) is 0 Å². The predicted octanol–water partition coefficient (Wildman–Crippen LogP) is 5.88. The second-order valence-electron chi connectivity index (χ2n) is 7.70. The standard InChI is InChI=1S/C26H29NO/c1-27-17-16-22-12-13-24-18-23(14-15-25(24)26(22)28-2)21-10-8-20(9-11-21)19-6-4-3-5-7-19/h3-11,14-15,18,22,26-27H,12-13,16-17H2,1-2H3. The van der Waals surface area contributed by atoms with Gasteiger partial charge in [0.25, 0.3) is 0 Å². The van der Waals surface area contributed by atoms with E-state index in [4.69, 9.17) is 4.74 Å². The molecule has 0 aliphatic heterocycles. The summed E-state index contributed by atoms with van der Waals surface area (Å²) in [6.07, 6.45) is 3.71. The highest BCUT2D eigenvalue weighted by Crippen LogP contribution is 2.40. The molecule has 2 unspecified atom stereocenters. The fourth-order valence-electron chi connectivity index (χ4n) is 4.46. The smallest absolute Gasteiger partial charge is 0.0852 e. The summed E-state index contributed by atoms with van der Waals surface area (Å²) in [6.45, 7) is 1.05. The average molecular weight is 372 g/mol. The molecule has 0 amide bonds. The number of hydrogen-bond acceptors (Lipinski definition) is 2. The molecule has 0 saturated heterocycles. The number of rotatable bonds is 6. The summed E-state index contributed by atoms with van der Waals surface area (Å²) in [5.41, 5.74) is 7.90. The van der Waals surface area contributed by atoms with Crippen molar-refractivity contribution in [1.82, 2.24) is 5.32 Å². The molecule has 0 saturated carbocycles. The van der Waals surface area contributed by atoms with Gasteiger partial charge in [-0.15, -0.1) is 0 Å². The minimum atomic E-state index is 0.214. The lowest BCUT2D eigenvalue weighted by molar-refractivity contribution is 0.0373. The number of benzene rings is 3. The van der Waals surface area contributed by atoms with E-state index in [2.05, 4.69) is 78.1 Å². The zero-order valence-electron chi connectivity index (χ0n) is 16.8. The lowest BCUT2D eigenvalue weighted by Crippen LogP contribution is -2.25. The Balaban J connectivity index is 1.58. The maximum absolute atomic E-state index is 5.91. The molecule has 1 N–H and O–H groups in total. The molecule has 0 aromatic heterocycles. The SMILES string of the molecule is CNCCC1CCc2cc(-c3ccc(-c4ccccc4)cc3)ccc2C1OC. The third kappa shape index (κ3) is 3.89. The summed E-state index contributed by atoms with van der Waals surface area (Å²) < 4.78 is 5.91. The Morgan fingerprint density at radius 1 is 0.857 bits per heavy atom. The second-order valence-corrected chi connectivity index (χ2v) is 7.70. The molecule has 0 fully saturated rings. The van der Waals surface area contributed by atoms with Gasteiger partial charge in [-0.3, -0.25) is 0 Å². The molecule has 2 nitrogen and oxygen atoms in total. The first kappa shape index (κ1) is 18.9. The molecule has 0 spiro atoms. The molecule has 28 heavy (non-hydrogen) atoms. The number of aryl methyl sites for hydroxylation is 1. The van der Waals surface area contributed by atoms with Gasteiger partial charge >= 0.3 is 0 Å². The first-order valence-electron chi connectivity index (χ1n) is 10.3. The lowest BCUT2D eigenvalue weighted by Gasteiger charge is -2.33. The van der Waals surface area contributed by atoms with Crippen molar-refractivity contribution in [3.63, 3.8) is 0 Å². The molecule has 0 heterocycles. The van der Waals surface area contributed by atoms with Crippen LogP contribution in [0.15, 0.2) is 72.8 Å².